The van der Waals surface area contributed by atoms with E-state index in [0.717, 1.165) is 17.7 Å². The zero-order valence-electron chi connectivity index (χ0n) is 12.6. The van der Waals surface area contributed by atoms with Gasteiger partial charge in [0, 0.05) is 0 Å². The van der Waals surface area contributed by atoms with Crippen molar-refractivity contribution in [2.45, 2.75) is 18.0 Å². The second kappa shape index (κ2) is 6.64. The molecule has 0 atom stereocenters. The number of carbonyl (C=O) groups is 1. The van der Waals surface area contributed by atoms with E-state index < -0.39 is 38.9 Å². The van der Waals surface area contributed by atoms with Crippen LogP contribution in [0, 0.1) is 6.92 Å². The molecule has 0 spiro atoms. The molecule has 1 amide bonds. The van der Waals surface area contributed by atoms with Gasteiger partial charge in [0.2, 0.25) is 5.91 Å². The lowest BCUT2D eigenvalue weighted by atomic mass is 10.1. The van der Waals surface area contributed by atoms with Crippen molar-refractivity contribution in [2.75, 3.05) is 11.1 Å². The number of halogens is 3. The Labute approximate surface area is 137 Å². The molecule has 4 nitrogen and oxygen atoms in total. The summed E-state index contributed by atoms with van der Waals surface area (Å²) in [7, 11) is -3.94. The first-order valence-electron chi connectivity index (χ1n) is 6.85. The van der Waals surface area contributed by atoms with Gasteiger partial charge in [-0.05, 0) is 31.2 Å². The molecule has 0 unspecified atom stereocenters. The highest BCUT2D eigenvalue weighted by Gasteiger charge is 2.33. The number of hydrogen-bond donors (Lipinski definition) is 1. The fourth-order valence-corrected chi connectivity index (χ4v) is 3.16. The third-order valence-electron chi connectivity index (χ3n) is 3.21. The second-order valence-corrected chi connectivity index (χ2v) is 7.15. The summed E-state index contributed by atoms with van der Waals surface area (Å²) in [5.41, 5.74) is -0.669. The first-order chi connectivity index (χ1) is 11.1. The van der Waals surface area contributed by atoms with Crippen molar-refractivity contribution in [2.24, 2.45) is 0 Å². The number of nitrogens with one attached hydrogen (secondary N) is 1. The van der Waals surface area contributed by atoms with E-state index in [9.17, 15) is 26.4 Å². The molecule has 8 heteroatoms. The number of hydrogen-bond acceptors (Lipinski definition) is 3. The highest BCUT2D eigenvalue weighted by atomic mass is 32.2. The summed E-state index contributed by atoms with van der Waals surface area (Å²) in [6, 6.07) is 10.2. The lowest BCUT2D eigenvalue weighted by molar-refractivity contribution is -0.137. The van der Waals surface area contributed by atoms with Crippen LogP contribution in [0.15, 0.2) is 53.4 Å². The molecule has 24 heavy (non-hydrogen) atoms. The summed E-state index contributed by atoms with van der Waals surface area (Å²) >= 11 is 0. The van der Waals surface area contributed by atoms with E-state index in [1.807, 2.05) is 5.32 Å². The molecular formula is C16H14F3NO3S. The number of amides is 1. The minimum absolute atomic E-state index is 0.0626. The smallest absolute Gasteiger partial charge is 0.325 e. The van der Waals surface area contributed by atoms with Gasteiger partial charge in [-0.1, -0.05) is 29.8 Å². The lowest BCUT2D eigenvalue weighted by Crippen LogP contribution is -2.24. The summed E-state index contributed by atoms with van der Waals surface area (Å²) in [5, 5.41) is 2.02. The van der Waals surface area contributed by atoms with Crippen molar-refractivity contribution in [3.05, 3.63) is 59.7 Å². The molecule has 0 saturated heterocycles. The summed E-state index contributed by atoms with van der Waals surface area (Å²) in [6.45, 7) is 1.77. The van der Waals surface area contributed by atoms with Crippen LogP contribution in [0.3, 0.4) is 0 Å². The molecule has 1 N–H and O–H groups in total. The predicted octanol–water partition coefficient (Wildman–Crippen LogP) is 3.43. The van der Waals surface area contributed by atoms with Crippen molar-refractivity contribution < 1.29 is 26.4 Å². The molecular weight excluding hydrogens is 343 g/mol. The third-order valence-corrected chi connectivity index (χ3v) is 4.84. The third kappa shape index (κ3) is 4.35. The lowest BCUT2D eigenvalue weighted by Gasteiger charge is -2.13. The highest BCUT2D eigenvalue weighted by molar-refractivity contribution is 7.92. The molecule has 0 aliphatic carbocycles. The van der Waals surface area contributed by atoms with Crippen molar-refractivity contribution >= 4 is 21.4 Å². The molecule has 2 aromatic rings. The average molecular weight is 357 g/mol. The predicted molar refractivity (Wildman–Crippen MR) is 83.3 cm³/mol. The van der Waals surface area contributed by atoms with E-state index in [2.05, 4.69) is 0 Å². The van der Waals surface area contributed by atoms with Gasteiger partial charge in [0.05, 0.1) is 16.1 Å². The molecule has 0 saturated carbocycles. The molecule has 0 heterocycles. The van der Waals surface area contributed by atoms with Crippen molar-refractivity contribution in [1.82, 2.24) is 0 Å². The number of anilines is 1. The Morgan fingerprint density at radius 1 is 1.04 bits per heavy atom. The standard InChI is InChI=1S/C16H14F3NO3S/c1-11-6-8-12(9-7-11)24(22,23)10-15(21)20-14-5-3-2-4-13(14)16(17,18)19/h2-9H,10H2,1H3,(H,20,21). The van der Waals surface area contributed by atoms with Crippen LogP contribution < -0.4 is 5.32 Å². The van der Waals surface area contributed by atoms with E-state index in [1.165, 1.54) is 24.3 Å². The number of carbonyl (C=O) groups excluding carboxylic acids is 1. The number of para-hydroxylation sites is 1. The number of aryl methyl sites for hydroxylation is 1. The fraction of sp³-hybridized carbons (Fsp3) is 0.188. The van der Waals surface area contributed by atoms with Crippen LogP contribution in [0.25, 0.3) is 0 Å². The van der Waals surface area contributed by atoms with Crippen LogP contribution in [0.5, 0.6) is 0 Å². The molecule has 0 bridgehead atoms. The molecule has 0 radical (unpaired) electrons. The number of rotatable bonds is 4. The van der Waals surface area contributed by atoms with Crippen molar-refractivity contribution in [1.29, 1.82) is 0 Å². The van der Waals surface area contributed by atoms with Gasteiger partial charge < -0.3 is 5.32 Å². The molecule has 0 aliphatic heterocycles. The Morgan fingerprint density at radius 2 is 1.62 bits per heavy atom. The number of sulfone groups is 1. The van der Waals surface area contributed by atoms with Crippen molar-refractivity contribution in [3.63, 3.8) is 0 Å². The van der Waals surface area contributed by atoms with Gasteiger partial charge in [0.1, 0.15) is 5.75 Å². The zero-order valence-corrected chi connectivity index (χ0v) is 13.4. The topological polar surface area (TPSA) is 63.2 Å². The maximum absolute atomic E-state index is 12.9. The molecule has 0 aliphatic rings. The van der Waals surface area contributed by atoms with Crippen molar-refractivity contribution in [3.8, 4) is 0 Å². The Kier molecular flexibility index (Phi) is 4.98. The average Bonchev–Trinajstić information content (AvgIpc) is 2.46. The van der Waals surface area contributed by atoms with Gasteiger partial charge in [0.25, 0.3) is 0 Å². The number of benzene rings is 2. The molecule has 2 aromatic carbocycles. The van der Waals surface area contributed by atoms with E-state index in [1.54, 1.807) is 19.1 Å². The van der Waals surface area contributed by atoms with Crippen LogP contribution in [0.4, 0.5) is 18.9 Å². The highest BCUT2D eigenvalue weighted by Crippen LogP contribution is 2.34. The van der Waals surface area contributed by atoms with Crippen LogP contribution in [-0.4, -0.2) is 20.1 Å². The van der Waals surface area contributed by atoms with Gasteiger partial charge in [-0.15, -0.1) is 0 Å². The summed E-state index contributed by atoms with van der Waals surface area (Å²) in [6.07, 6.45) is -4.65. The maximum atomic E-state index is 12.9. The Morgan fingerprint density at radius 3 is 2.21 bits per heavy atom. The quantitative estimate of drug-likeness (QED) is 0.912. The SMILES string of the molecule is Cc1ccc(S(=O)(=O)CC(=O)Nc2ccccc2C(F)(F)F)cc1. The van der Waals surface area contributed by atoms with E-state index >= 15 is 0 Å². The fourth-order valence-electron chi connectivity index (χ4n) is 2.03. The molecule has 0 fully saturated rings. The molecule has 128 valence electrons. The van der Waals surface area contributed by atoms with Crippen LogP contribution in [0.1, 0.15) is 11.1 Å². The minimum Gasteiger partial charge on any atom is -0.325 e. The van der Waals surface area contributed by atoms with E-state index in [0.29, 0.717) is 0 Å². The van der Waals surface area contributed by atoms with Gasteiger partial charge in [-0.25, -0.2) is 8.42 Å². The van der Waals surface area contributed by atoms with Gasteiger partial charge in [-0.3, -0.25) is 4.79 Å². The van der Waals surface area contributed by atoms with Crippen LogP contribution in [0.2, 0.25) is 0 Å². The molecule has 2 rings (SSSR count). The summed E-state index contributed by atoms with van der Waals surface area (Å²) in [4.78, 5) is 11.8. The summed E-state index contributed by atoms with van der Waals surface area (Å²) < 4.78 is 62.9. The van der Waals surface area contributed by atoms with E-state index in [-0.39, 0.29) is 4.90 Å². The van der Waals surface area contributed by atoms with Crippen LogP contribution >= 0.6 is 0 Å². The zero-order chi connectivity index (χ0) is 18.0. The van der Waals surface area contributed by atoms with Crippen LogP contribution in [-0.2, 0) is 20.8 Å². The Hall–Kier alpha value is -2.35. The van der Waals surface area contributed by atoms with E-state index in [4.69, 9.17) is 0 Å². The van der Waals surface area contributed by atoms with Gasteiger partial charge in [0.15, 0.2) is 9.84 Å². The maximum Gasteiger partial charge on any atom is 0.418 e. The Bertz CT molecular complexity index is 844. The van der Waals surface area contributed by atoms with Gasteiger partial charge in [-0.2, -0.15) is 13.2 Å². The molecule has 0 aromatic heterocycles. The summed E-state index contributed by atoms with van der Waals surface area (Å²) in [5.74, 6) is -1.98. The first-order valence-corrected chi connectivity index (χ1v) is 8.50. The number of alkyl halides is 3. The minimum atomic E-state index is -4.65. The first kappa shape index (κ1) is 18.0. The normalized spacial score (nSPS) is 12.0. The monoisotopic (exact) mass is 357 g/mol. The van der Waals surface area contributed by atoms with Gasteiger partial charge >= 0.3 is 6.18 Å². The largest absolute Gasteiger partial charge is 0.418 e. The Balaban J connectivity index is 2.18. The second-order valence-electron chi connectivity index (χ2n) is 5.16.